The van der Waals surface area contributed by atoms with E-state index >= 15 is 0 Å². The molecule has 0 radical (unpaired) electrons. The third kappa shape index (κ3) is 3.57. The third-order valence-corrected chi connectivity index (χ3v) is 4.71. The molecule has 0 unspecified atom stereocenters. The van der Waals surface area contributed by atoms with Crippen molar-refractivity contribution in [3.05, 3.63) is 52.3 Å². The molecule has 1 fully saturated rings. The molecular formula is C17H17Cl2N3O2. The lowest BCUT2D eigenvalue weighted by Gasteiger charge is -2.36. The van der Waals surface area contributed by atoms with E-state index in [0.717, 1.165) is 24.5 Å². The van der Waals surface area contributed by atoms with Crippen LogP contribution in [0.15, 0.2) is 36.5 Å². The molecule has 0 atom stereocenters. The molecule has 2 heterocycles. The standard InChI is InChI=1S/C17H17Cl2N3O2/c1-24-14-4-2-3-13(10-14)21-5-7-22(8-6-21)17(23)12-9-15(18)16(19)20-11-12/h2-4,9-11H,5-8H2,1H3. The molecule has 2 aromatic rings. The first kappa shape index (κ1) is 16.9. The number of anilines is 1. The molecule has 5 nitrogen and oxygen atoms in total. The minimum absolute atomic E-state index is 0.0774. The maximum Gasteiger partial charge on any atom is 0.255 e. The van der Waals surface area contributed by atoms with Gasteiger partial charge in [0.15, 0.2) is 0 Å². The zero-order chi connectivity index (χ0) is 17.1. The van der Waals surface area contributed by atoms with Gasteiger partial charge < -0.3 is 14.5 Å². The highest BCUT2D eigenvalue weighted by Gasteiger charge is 2.23. The molecule has 126 valence electrons. The van der Waals surface area contributed by atoms with Crippen LogP contribution in [0.1, 0.15) is 10.4 Å². The Morgan fingerprint density at radius 1 is 1.17 bits per heavy atom. The van der Waals surface area contributed by atoms with Crippen molar-refractivity contribution < 1.29 is 9.53 Å². The molecule has 0 saturated carbocycles. The number of rotatable bonds is 3. The van der Waals surface area contributed by atoms with Crippen LogP contribution in [0.4, 0.5) is 5.69 Å². The van der Waals surface area contributed by atoms with Gasteiger partial charge in [-0.05, 0) is 18.2 Å². The van der Waals surface area contributed by atoms with E-state index in [0.29, 0.717) is 18.7 Å². The Morgan fingerprint density at radius 2 is 1.92 bits per heavy atom. The fraction of sp³-hybridized carbons (Fsp3) is 0.294. The van der Waals surface area contributed by atoms with E-state index in [9.17, 15) is 4.79 Å². The number of methoxy groups -OCH3 is 1. The highest BCUT2D eigenvalue weighted by Crippen LogP contribution is 2.23. The summed E-state index contributed by atoms with van der Waals surface area (Å²) in [5, 5.41) is 0.494. The Bertz CT molecular complexity index is 746. The number of halogens is 2. The zero-order valence-electron chi connectivity index (χ0n) is 13.2. The van der Waals surface area contributed by atoms with Crippen LogP contribution in [0, 0.1) is 0 Å². The Morgan fingerprint density at radius 3 is 2.58 bits per heavy atom. The molecule has 0 bridgehead atoms. The van der Waals surface area contributed by atoms with Crippen molar-refractivity contribution in [2.24, 2.45) is 0 Å². The number of hydrogen-bond acceptors (Lipinski definition) is 4. The van der Waals surface area contributed by atoms with Crippen molar-refractivity contribution in [1.82, 2.24) is 9.88 Å². The maximum atomic E-state index is 12.6. The van der Waals surface area contributed by atoms with Gasteiger partial charge in [-0.25, -0.2) is 4.98 Å². The van der Waals surface area contributed by atoms with Gasteiger partial charge in [0.05, 0.1) is 17.7 Å². The molecule has 24 heavy (non-hydrogen) atoms. The van der Waals surface area contributed by atoms with Crippen LogP contribution >= 0.6 is 23.2 Å². The zero-order valence-corrected chi connectivity index (χ0v) is 14.7. The minimum Gasteiger partial charge on any atom is -0.497 e. The maximum absolute atomic E-state index is 12.6. The second-order valence-corrected chi connectivity index (χ2v) is 6.24. The lowest BCUT2D eigenvalue weighted by Crippen LogP contribution is -2.48. The highest BCUT2D eigenvalue weighted by molar-refractivity contribution is 6.41. The fourth-order valence-corrected chi connectivity index (χ4v) is 2.97. The number of carbonyl (C=O) groups excluding carboxylic acids is 1. The summed E-state index contributed by atoms with van der Waals surface area (Å²) in [6.07, 6.45) is 1.46. The first-order valence-electron chi connectivity index (χ1n) is 7.58. The molecule has 1 aromatic heterocycles. The summed E-state index contributed by atoms with van der Waals surface area (Å²) in [7, 11) is 1.65. The summed E-state index contributed by atoms with van der Waals surface area (Å²) in [6, 6.07) is 9.49. The van der Waals surface area contributed by atoms with Crippen molar-refractivity contribution in [3.63, 3.8) is 0 Å². The minimum atomic E-state index is -0.0774. The van der Waals surface area contributed by atoms with Gasteiger partial charge in [-0.15, -0.1) is 0 Å². The number of aromatic nitrogens is 1. The Balaban J connectivity index is 1.65. The van der Waals surface area contributed by atoms with Gasteiger partial charge in [0.25, 0.3) is 5.91 Å². The Kier molecular flexibility index (Phi) is 5.11. The number of ether oxygens (including phenoxy) is 1. The number of pyridine rings is 1. The lowest BCUT2D eigenvalue weighted by molar-refractivity contribution is 0.0746. The first-order chi connectivity index (χ1) is 11.6. The normalized spacial score (nSPS) is 14.6. The van der Waals surface area contributed by atoms with E-state index in [1.807, 2.05) is 24.3 Å². The van der Waals surface area contributed by atoms with Gasteiger partial charge in [0.1, 0.15) is 10.9 Å². The molecule has 1 amide bonds. The largest absolute Gasteiger partial charge is 0.497 e. The van der Waals surface area contributed by atoms with E-state index in [-0.39, 0.29) is 16.1 Å². The molecule has 1 aromatic carbocycles. The molecule has 0 aliphatic carbocycles. The van der Waals surface area contributed by atoms with Crippen LogP contribution in [-0.2, 0) is 0 Å². The quantitative estimate of drug-likeness (QED) is 0.782. The van der Waals surface area contributed by atoms with Gasteiger partial charge in [-0.2, -0.15) is 0 Å². The van der Waals surface area contributed by atoms with Crippen LogP contribution in [0.25, 0.3) is 0 Å². The third-order valence-electron chi connectivity index (χ3n) is 4.03. The van der Waals surface area contributed by atoms with Crippen LogP contribution < -0.4 is 9.64 Å². The van der Waals surface area contributed by atoms with Crippen molar-refractivity contribution >= 4 is 34.8 Å². The predicted octanol–water partition coefficient (Wildman–Crippen LogP) is 3.36. The highest BCUT2D eigenvalue weighted by atomic mass is 35.5. The average Bonchev–Trinajstić information content (AvgIpc) is 2.63. The van der Waals surface area contributed by atoms with Gasteiger partial charge in [-0.1, -0.05) is 29.3 Å². The van der Waals surface area contributed by atoms with E-state index < -0.39 is 0 Å². The number of hydrogen-bond donors (Lipinski definition) is 0. The number of nitrogens with zero attached hydrogens (tertiary/aromatic N) is 3. The van der Waals surface area contributed by atoms with Crippen LogP contribution in [0.3, 0.4) is 0 Å². The summed E-state index contributed by atoms with van der Waals surface area (Å²) < 4.78 is 5.26. The molecule has 1 saturated heterocycles. The summed E-state index contributed by atoms with van der Waals surface area (Å²) in [6.45, 7) is 2.79. The first-order valence-corrected chi connectivity index (χ1v) is 8.33. The van der Waals surface area contributed by atoms with Gasteiger partial charge >= 0.3 is 0 Å². The molecule has 3 rings (SSSR count). The smallest absolute Gasteiger partial charge is 0.255 e. The van der Waals surface area contributed by atoms with Gasteiger partial charge in [0.2, 0.25) is 0 Å². The van der Waals surface area contributed by atoms with Crippen molar-refractivity contribution in [2.75, 3.05) is 38.2 Å². The van der Waals surface area contributed by atoms with Crippen molar-refractivity contribution in [2.45, 2.75) is 0 Å². The SMILES string of the molecule is COc1cccc(N2CCN(C(=O)c3cnc(Cl)c(Cl)c3)CC2)c1. The molecule has 0 N–H and O–H groups in total. The Labute approximate surface area is 150 Å². The second kappa shape index (κ2) is 7.28. The number of amides is 1. The Hall–Kier alpha value is -1.98. The molecule has 1 aliphatic heterocycles. The summed E-state index contributed by atoms with van der Waals surface area (Å²) in [5.74, 6) is 0.749. The van der Waals surface area contributed by atoms with E-state index in [4.69, 9.17) is 27.9 Å². The van der Waals surface area contributed by atoms with Gasteiger partial charge in [0, 0.05) is 44.1 Å². The molecular weight excluding hydrogens is 349 g/mol. The summed E-state index contributed by atoms with van der Waals surface area (Å²) in [4.78, 5) is 20.5. The monoisotopic (exact) mass is 365 g/mol. The molecule has 7 heteroatoms. The fourth-order valence-electron chi connectivity index (χ4n) is 2.70. The van der Waals surface area contributed by atoms with E-state index in [2.05, 4.69) is 9.88 Å². The summed E-state index contributed by atoms with van der Waals surface area (Å²) in [5.41, 5.74) is 1.55. The van der Waals surface area contributed by atoms with E-state index in [1.54, 1.807) is 18.1 Å². The number of benzene rings is 1. The van der Waals surface area contributed by atoms with Crippen molar-refractivity contribution in [3.8, 4) is 5.75 Å². The topological polar surface area (TPSA) is 45.7 Å². The number of carbonyl (C=O) groups is 1. The van der Waals surface area contributed by atoms with Crippen LogP contribution in [-0.4, -0.2) is 49.1 Å². The second-order valence-electron chi connectivity index (χ2n) is 5.48. The predicted molar refractivity (Wildman–Crippen MR) is 95.4 cm³/mol. The van der Waals surface area contributed by atoms with E-state index in [1.165, 1.54) is 6.20 Å². The van der Waals surface area contributed by atoms with Crippen LogP contribution in [0.2, 0.25) is 10.2 Å². The lowest BCUT2D eigenvalue weighted by atomic mass is 10.2. The van der Waals surface area contributed by atoms with Crippen molar-refractivity contribution in [1.29, 1.82) is 0 Å². The molecule has 0 spiro atoms. The summed E-state index contributed by atoms with van der Waals surface area (Å²) >= 11 is 11.7. The van der Waals surface area contributed by atoms with Gasteiger partial charge in [-0.3, -0.25) is 4.79 Å². The number of piperazine rings is 1. The molecule has 1 aliphatic rings. The average molecular weight is 366 g/mol. The van der Waals surface area contributed by atoms with Crippen LogP contribution in [0.5, 0.6) is 5.75 Å².